The molecule has 0 radical (unpaired) electrons. The maximum Gasteiger partial charge on any atom is 0.416 e. The van der Waals surface area contributed by atoms with Gasteiger partial charge in [0, 0.05) is 28.0 Å². The molecule has 0 saturated carbocycles. The molecule has 2 heterocycles. The lowest BCUT2D eigenvalue weighted by atomic mass is 10.1. The van der Waals surface area contributed by atoms with Gasteiger partial charge in [-0.05, 0) is 44.2 Å². The van der Waals surface area contributed by atoms with E-state index in [1.165, 1.54) is 24.4 Å². The second kappa shape index (κ2) is 10.0. The Hall–Kier alpha value is -4.59. The van der Waals surface area contributed by atoms with Gasteiger partial charge in [-0.3, -0.25) is 19.7 Å². The van der Waals surface area contributed by atoms with Crippen molar-refractivity contribution in [1.29, 1.82) is 0 Å². The van der Waals surface area contributed by atoms with Crippen LogP contribution in [0.5, 0.6) is 0 Å². The number of benzene rings is 2. The molecule has 2 aromatic heterocycles. The SMILES string of the molecule is CCOC(=O)c1nn(-c2ccc(C(F)(F)F)cc2)c(=O)c2c(NC(=O)c3ccc(C)c([N+](=O)[O-])c3)scc12. The second-order valence-corrected chi connectivity index (χ2v) is 8.78. The molecule has 0 aliphatic carbocycles. The minimum Gasteiger partial charge on any atom is -0.461 e. The van der Waals surface area contributed by atoms with Gasteiger partial charge >= 0.3 is 12.1 Å². The molecule has 0 atom stereocenters. The third-order valence-corrected chi connectivity index (χ3v) is 6.35. The van der Waals surface area contributed by atoms with Gasteiger partial charge < -0.3 is 10.1 Å². The fourth-order valence-electron chi connectivity index (χ4n) is 3.58. The van der Waals surface area contributed by atoms with Crippen molar-refractivity contribution >= 4 is 44.7 Å². The van der Waals surface area contributed by atoms with Crippen molar-refractivity contribution in [1.82, 2.24) is 9.78 Å². The van der Waals surface area contributed by atoms with Crippen LogP contribution in [0.1, 0.15) is 38.9 Å². The number of esters is 1. The van der Waals surface area contributed by atoms with Crippen LogP contribution in [0.2, 0.25) is 0 Å². The Labute approximate surface area is 215 Å². The number of nitrogens with zero attached hydrogens (tertiary/aromatic N) is 3. The Morgan fingerprint density at radius 1 is 1.18 bits per heavy atom. The fourth-order valence-corrected chi connectivity index (χ4v) is 4.51. The third kappa shape index (κ3) is 4.98. The molecule has 4 aromatic rings. The number of alkyl halides is 3. The van der Waals surface area contributed by atoms with Gasteiger partial charge in [0.1, 0.15) is 5.00 Å². The monoisotopic (exact) mass is 546 g/mol. The van der Waals surface area contributed by atoms with Crippen LogP contribution in [-0.4, -0.2) is 33.2 Å². The van der Waals surface area contributed by atoms with Crippen LogP contribution in [0.15, 0.2) is 52.6 Å². The molecule has 0 unspecified atom stereocenters. The number of carbonyl (C=O) groups is 2. The van der Waals surface area contributed by atoms with Gasteiger partial charge in [0.25, 0.3) is 17.2 Å². The number of thiophene rings is 1. The van der Waals surface area contributed by atoms with Gasteiger partial charge in [0.15, 0.2) is 5.69 Å². The third-order valence-electron chi connectivity index (χ3n) is 5.46. The Morgan fingerprint density at radius 2 is 1.87 bits per heavy atom. The highest BCUT2D eigenvalue weighted by molar-refractivity contribution is 7.16. The molecule has 14 heteroatoms. The predicted octanol–water partition coefficient (Wildman–Crippen LogP) is 5.11. The largest absolute Gasteiger partial charge is 0.461 e. The molecule has 2 aromatic carbocycles. The average molecular weight is 546 g/mol. The molecule has 0 bridgehead atoms. The maximum absolute atomic E-state index is 13.4. The van der Waals surface area contributed by atoms with Gasteiger partial charge in [-0.15, -0.1) is 11.3 Å². The number of hydrogen-bond donors (Lipinski definition) is 1. The predicted molar refractivity (Wildman–Crippen MR) is 132 cm³/mol. The van der Waals surface area contributed by atoms with Crippen LogP contribution in [-0.2, 0) is 10.9 Å². The summed E-state index contributed by atoms with van der Waals surface area (Å²) in [6.45, 7) is 3.06. The molecule has 0 aliphatic heterocycles. The van der Waals surface area contributed by atoms with Gasteiger partial charge in [-0.25, -0.2) is 4.79 Å². The molecule has 0 fully saturated rings. The van der Waals surface area contributed by atoms with Crippen molar-refractivity contribution in [3.8, 4) is 5.69 Å². The number of aryl methyl sites for hydroxylation is 1. The standard InChI is InChI=1S/C24H17F3N4O6S/c1-3-37-23(34)19-16-11-38-21(28-20(32)13-5-4-12(2)17(10-13)31(35)36)18(16)22(33)30(29-19)15-8-6-14(7-9-15)24(25,26)27/h4-11H,3H2,1-2H3,(H,28,32). The van der Waals surface area contributed by atoms with Gasteiger partial charge in [-0.2, -0.15) is 23.0 Å². The molecule has 38 heavy (non-hydrogen) atoms. The van der Waals surface area contributed by atoms with E-state index in [1.807, 2.05) is 0 Å². The van der Waals surface area contributed by atoms with Gasteiger partial charge in [0.2, 0.25) is 0 Å². The molecular formula is C24H17F3N4O6S. The molecule has 0 aliphatic rings. The van der Waals surface area contributed by atoms with Crippen LogP contribution in [0.4, 0.5) is 23.9 Å². The zero-order valence-corrected chi connectivity index (χ0v) is 20.5. The van der Waals surface area contributed by atoms with Gasteiger partial charge in [0.05, 0.1) is 28.2 Å². The summed E-state index contributed by atoms with van der Waals surface area (Å²) in [5.74, 6) is -1.64. The first-order chi connectivity index (χ1) is 17.9. The molecule has 1 N–H and O–H groups in total. The highest BCUT2D eigenvalue weighted by Crippen LogP contribution is 2.32. The summed E-state index contributed by atoms with van der Waals surface area (Å²) in [6.07, 6.45) is -4.60. The molecule has 10 nitrogen and oxygen atoms in total. The number of carbonyl (C=O) groups excluding carboxylic acids is 2. The molecule has 196 valence electrons. The quantitative estimate of drug-likeness (QED) is 0.202. The lowest BCUT2D eigenvalue weighted by Gasteiger charge is -2.11. The van der Waals surface area contributed by atoms with E-state index >= 15 is 0 Å². The maximum atomic E-state index is 13.4. The second-order valence-electron chi connectivity index (χ2n) is 7.90. The van der Waals surface area contributed by atoms with E-state index in [2.05, 4.69) is 10.4 Å². The number of fused-ring (bicyclic) bond motifs is 1. The summed E-state index contributed by atoms with van der Waals surface area (Å²) < 4.78 is 44.8. The number of halogens is 3. The summed E-state index contributed by atoms with van der Waals surface area (Å²) in [5, 5.41) is 19.2. The molecule has 4 rings (SSSR count). The van der Waals surface area contributed by atoms with Crippen molar-refractivity contribution in [2.45, 2.75) is 20.0 Å². The van der Waals surface area contributed by atoms with Crippen LogP contribution >= 0.6 is 11.3 Å². The lowest BCUT2D eigenvalue weighted by molar-refractivity contribution is -0.385. The molecule has 0 spiro atoms. The van der Waals surface area contributed by atoms with Crippen molar-refractivity contribution in [3.63, 3.8) is 0 Å². The molecular weight excluding hydrogens is 529 g/mol. The molecule has 0 saturated heterocycles. The van der Waals surface area contributed by atoms with E-state index in [1.54, 1.807) is 6.92 Å². The first-order valence-electron chi connectivity index (χ1n) is 10.9. The average Bonchev–Trinajstić information content (AvgIpc) is 3.28. The number of nitro benzene ring substituents is 1. The minimum atomic E-state index is -4.60. The normalized spacial score (nSPS) is 11.4. The number of amides is 1. The highest BCUT2D eigenvalue weighted by atomic mass is 32.1. The number of aromatic nitrogens is 2. The Bertz CT molecular complexity index is 1640. The van der Waals surface area contributed by atoms with Crippen molar-refractivity contribution in [3.05, 3.63) is 90.7 Å². The smallest absolute Gasteiger partial charge is 0.416 e. The van der Waals surface area contributed by atoms with Crippen molar-refractivity contribution in [2.75, 3.05) is 11.9 Å². The van der Waals surface area contributed by atoms with E-state index in [0.29, 0.717) is 5.56 Å². The summed E-state index contributed by atoms with van der Waals surface area (Å²) >= 11 is 0.897. The topological polar surface area (TPSA) is 133 Å². The molecule has 1 amide bonds. The van der Waals surface area contributed by atoms with Gasteiger partial charge in [-0.1, -0.05) is 6.07 Å². The first kappa shape index (κ1) is 26.5. The number of hydrogen-bond acceptors (Lipinski definition) is 8. The minimum absolute atomic E-state index is 0.00633. The number of rotatable bonds is 6. The fraction of sp³-hybridized carbons (Fsp3) is 0.167. The number of anilines is 1. The van der Waals surface area contributed by atoms with E-state index < -0.39 is 34.1 Å². The van der Waals surface area contributed by atoms with E-state index in [4.69, 9.17) is 4.74 Å². The number of ether oxygens (including phenoxy) is 1. The lowest BCUT2D eigenvalue weighted by Crippen LogP contribution is -2.25. The van der Waals surface area contributed by atoms with E-state index in [0.717, 1.165) is 46.4 Å². The number of nitro groups is 1. The highest BCUT2D eigenvalue weighted by Gasteiger charge is 2.30. The zero-order chi connectivity index (χ0) is 27.8. The Morgan fingerprint density at radius 3 is 2.47 bits per heavy atom. The van der Waals surface area contributed by atoms with Crippen molar-refractivity contribution < 1.29 is 32.4 Å². The van der Waals surface area contributed by atoms with Crippen molar-refractivity contribution in [2.24, 2.45) is 0 Å². The summed E-state index contributed by atoms with van der Waals surface area (Å²) in [7, 11) is 0. The van der Waals surface area contributed by atoms with Crippen LogP contribution in [0, 0.1) is 17.0 Å². The summed E-state index contributed by atoms with van der Waals surface area (Å²) in [5.41, 5.74) is -2.09. The van der Waals surface area contributed by atoms with Crippen LogP contribution < -0.4 is 10.9 Å². The number of nitrogens with one attached hydrogen (secondary N) is 1. The summed E-state index contributed by atoms with van der Waals surface area (Å²) in [4.78, 5) is 49.6. The summed E-state index contributed by atoms with van der Waals surface area (Å²) in [6, 6.07) is 7.44. The van der Waals surface area contributed by atoms with Crippen LogP contribution in [0.25, 0.3) is 16.5 Å². The Kier molecular flexibility index (Phi) is 7.00. The zero-order valence-electron chi connectivity index (χ0n) is 19.7. The van der Waals surface area contributed by atoms with E-state index in [9.17, 15) is 37.7 Å². The first-order valence-corrected chi connectivity index (χ1v) is 11.8. The van der Waals surface area contributed by atoms with Crippen LogP contribution in [0.3, 0.4) is 0 Å². The Balaban J connectivity index is 1.85. The van der Waals surface area contributed by atoms with E-state index in [-0.39, 0.29) is 45.0 Å².